The summed E-state index contributed by atoms with van der Waals surface area (Å²) in [4.78, 5) is 13.9. The molecule has 0 bridgehead atoms. The number of benzene rings is 2. The zero-order valence-electron chi connectivity index (χ0n) is 19.7. The topological polar surface area (TPSA) is 38.8 Å². The largest absolute Gasteiger partial charge is 0.494 e. The average Bonchev–Trinajstić information content (AvgIpc) is 2.71. The number of nitrogens with zero attached hydrogens (tertiary/aromatic N) is 1. The third-order valence-corrected chi connectivity index (χ3v) is 4.97. The molecule has 0 aliphatic rings. The molecule has 0 aliphatic heterocycles. The predicted molar refractivity (Wildman–Crippen MR) is 128 cm³/mol. The Hall–Kier alpha value is -2.33. The second kappa shape index (κ2) is 13.2. The first-order valence-electron chi connectivity index (χ1n) is 11.5. The monoisotopic (exact) mass is 425 g/mol. The van der Waals surface area contributed by atoms with Gasteiger partial charge in [-0.2, -0.15) is 0 Å². The van der Waals surface area contributed by atoms with E-state index in [9.17, 15) is 4.79 Å². The maximum Gasteiger partial charge on any atom is 0.320 e. The van der Waals surface area contributed by atoms with Crippen LogP contribution in [0.5, 0.6) is 5.75 Å². The van der Waals surface area contributed by atoms with Gasteiger partial charge in [-0.3, -0.25) is 9.69 Å². The third kappa shape index (κ3) is 11.6. The lowest BCUT2D eigenvalue weighted by molar-refractivity contribution is -0.155. The van der Waals surface area contributed by atoms with E-state index in [1.807, 2.05) is 32.7 Å². The second-order valence-corrected chi connectivity index (χ2v) is 9.22. The van der Waals surface area contributed by atoms with Crippen molar-refractivity contribution in [3.63, 3.8) is 0 Å². The fraction of sp³-hybridized carbons (Fsp3) is 0.519. The third-order valence-electron chi connectivity index (χ3n) is 4.97. The highest BCUT2D eigenvalue weighted by Crippen LogP contribution is 2.15. The van der Waals surface area contributed by atoms with Gasteiger partial charge in [0.2, 0.25) is 0 Å². The molecule has 2 aromatic carbocycles. The van der Waals surface area contributed by atoms with Crippen molar-refractivity contribution in [1.82, 2.24) is 4.90 Å². The summed E-state index contributed by atoms with van der Waals surface area (Å²) < 4.78 is 11.2. The minimum Gasteiger partial charge on any atom is -0.494 e. The van der Waals surface area contributed by atoms with Crippen LogP contribution >= 0.6 is 0 Å². The highest BCUT2D eigenvalue weighted by Gasteiger charge is 2.17. The zero-order chi connectivity index (χ0) is 22.5. The molecule has 170 valence electrons. The lowest BCUT2D eigenvalue weighted by Crippen LogP contribution is -2.33. The normalized spacial score (nSPS) is 11.5. The van der Waals surface area contributed by atoms with Crippen molar-refractivity contribution in [1.29, 1.82) is 0 Å². The van der Waals surface area contributed by atoms with Gasteiger partial charge < -0.3 is 9.47 Å². The van der Waals surface area contributed by atoms with E-state index < -0.39 is 5.60 Å². The maximum atomic E-state index is 11.9. The average molecular weight is 426 g/mol. The van der Waals surface area contributed by atoms with E-state index >= 15 is 0 Å². The van der Waals surface area contributed by atoms with Crippen molar-refractivity contribution in [2.24, 2.45) is 0 Å². The van der Waals surface area contributed by atoms with Crippen LogP contribution in [0.1, 0.15) is 57.6 Å². The molecule has 0 atom stereocenters. The number of unbranched alkanes of at least 4 members (excludes halogenated alkanes) is 2. The lowest BCUT2D eigenvalue weighted by atomic mass is 10.1. The number of ether oxygens (including phenoxy) is 2. The van der Waals surface area contributed by atoms with Crippen LogP contribution in [0.15, 0.2) is 54.6 Å². The Morgan fingerprint density at radius 2 is 1.48 bits per heavy atom. The van der Waals surface area contributed by atoms with Crippen LogP contribution in [-0.2, 0) is 22.4 Å². The molecule has 2 rings (SSSR count). The van der Waals surface area contributed by atoms with Crippen LogP contribution in [0.25, 0.3) is 0 Å². The number of rotatable bonds is 13. The van der Waals surface area contributed by atoms with Crippen molar-refractivity contribution in [2.45, 2.75) is 64.9 Å². The summed E-state index contributed by atoms with van der Waals surface area (Å²) in [6, 6.07) is 19.0. The van der Waals surface area contributed by atoms with Crippen LogP contribution in [0.3, 0.4) is 0 Å². The molecule has 0 unspecified atom stereocenters. The van der Waals surface area contributed by atoms with Gasteiger partial charge in [0.15, 0.2) is 0 Å². The molecule has 0 heterocycles. The molecule has 0 fully saturated rings. The Kier molecular flexibility index (Phi) is 10.6. The van der Waals surface area contributed by atoms with Crippen LogP contribution in [-0.4, -0.2) is 43.2 Å². The van der Waals surface area contributed by atoms with E-state index in [1.54, 1.807) is 0 Å². The molecule has 0 saturated carbocycles. The van der Waals surface area contributed by atoms with Gasteiger partial charge in [-0.15, -0.1) is 0 Å². The van der Waals surface area contributed by atoms with E-state index in [2.05, 4.69) is 54.6 Å². The molecule has 4 nitrogen and oxygen atoms in total. The van der Waals surface area contributed by atoms with Crippen molar-refractivity contribution >= 4 is 5.97 Å². The SMILES string of the molecule is CN(CCCc1ccc(OCCCCCc2ccccc2)cc1)CC(=O)OC(C)(C)C. The summed E-state index contributed by atoms with van der Waals surface area (Å²) in [6.45, 7) is 7.64. The van der Waals surface area contributed by atoms with Gasteiger partial charge in [0.1, 0.15) is 11.4 Å². The van der Waals surface area contributed by atoms with Crippen LogP contribution in [0.4, 0.5) is 0 Å². The maximum absolute atomic E-state index is 11.9. The van der Waals surface area contributed by atoms with Crippen molar-refractivity contribution in [3.05, 3.63) is 65.7 Å². The van der Waals surface area contributed by atoms with Gasteiger partial charge in [0.05, 0.1) is 13.2 Å². The Morgan fingerprint density at radius 1 is 0.839 bits per heavy atom. The van der Waals surface area contributed by atoms with E-state index in [0.29, 0.717) is 6.54 Å². The highest BCUT2D eigenvalue weighted by atomic mass is 16.6. The molecule has 0 aliphatic carbocycles. The fourth-order valence-electron chi connectivity index (χ4n) is 3.42. The molecule has 0 amide bonds. The Morgan fingerprint density at radius 3 is 2.16 bits per heavy atom. The molecule has 0 radical (unpaired) electrons. The lowest BCUT2D eigenvalue weighted by Gasteiger charge is -2.22. The van der Waals surface area contributed by atoms with Gasteiger partial charge in [-0.05, 0) is 96.1 Å². The molecule has 0 aromatic heterocycles. The summed E-state index contributed by atoms with van der Waals surface area (Å²) in [5.41, 5.74) is 2.28. The Balaban J connectivity index is 1.55. The molecule has 0 N–H and O–H groups in total. The molecular formula is C27H39NO3. The summed E-state index contributed by atoms with van der Waals surface area (Å²) in [6.07, 6.45) is 6.60. The molecule has 0 saturated heterocycles. The first-order chi connectivity index (χ1) is 14.8. The van der Waals surface area contributed by atoms with E-state index in [4.69, 9.17) is 9.47 Å². The highest BCUT2D eigenvalue weighted by molar-refractivity contribution is 5.72. The van der Waals surface area contributed by atoms with Crippen LogP contribution in [0, 0.1) is 0 Å². The van der Waals surface area contributed by atoms with E-state index in [1.165, 1.54) is 24.0 Å². The Bertz CT molecular complexity index is 750. The number of likely N-dealkylation sites (N-methyl/N-ethyl adjacent to an activating group) is 1. The predicted octanol–water partition coefficient (Wildman–Crippen LogP) is 5.68. The van der Waals surface area contributed by atoms with E-state index in [0.717, 1.165) is 44.6 Å². The Labute approximate surface area is 188 Å². The summed E-state index contributed by atoms with van der Waals surface area (Å²) >= 11 is 0. The second-order valence-electron chi connectivity index (χ2n) is 9.22. The minimum atomic E-state index is -0.427. The van der Waals surface area contributed by atoms with Crippen molar-refractivity contribution < 1.29 is 14.3 Å². The molecule has 4 heteroatoms. The fourth-order valence-corrected chi connectivity index (χ4v) is 3.42. The molecule has 0 spiro atoms. The summed E-state index contributed by atoms with van der Waals surface area (Å²) in [5, 5.41) is 0. The molecule has 31 heavy (non-hydrogen) atoms. The minimum absolute atomic E-state index is 0.170. The number of carbonyl (C=O) groups is 1. The summed E-state index contributed by atoms with van der Waals surface area (Å²) in [7, 11) is 1.96. The van der Waals surface area contributed by atoms with Gasteiger partial charge in [0, 0.05) is 0 Å². The van der Waals surface area contributed by atoms with Gasteiger partial charge in [0.25, 0.3) is 0 Å². The number of aryl methyl sites for hydroxylation is 2. The quantitative estimate of drug-likeness (QED) is 0.305. The molecular weight excluding hydrogens is 386 g/mol. The number of carbonyl (C=O) groups excluding carboxylic acids is 1. The first kappa shape index (κ1) is 24.9. The first-order valence-corrected chi connectivity index (χ1v) is 11.5. The van der Waals surface area contributed by atoms with Crippen LogP contribution in [0.2, 0.25) is 0 Å². The number of esters is 1. The smallest absolute Gasteiger partial charge is 0.320 e. The van der Waals surface area contributed by atoms with Gasteiger partial charge in [-0.1, -0.05) is 42.5 Å². The number of hydrogen-bond donors (Lipinski definition) is 0. The zero-order valence-corrected chi connectivity index (χ0v) is 19.7. The molecule has 2 aromatic rings. The summed E-state index contributed by atoms with van der Waals surface area (Å²) in [5.74, 6) is 0.769. The van der Waals surface area contributed by atoms with E-state index in [-0.39, 0.29) is 5.97 Å². The number of hydrogen-bond acceptors (Lipinski definition) is 4. The van der Waals surface area contributed by atoms with Gasteiger partial charge >= 0.3 is 5.97 Å². The van der Waals surface area contributed by atoms with Gasteiger partial charge in [-0.25, -0.2) is 0 Å². The van der Waals surface area contributed by atoms with Crippen molar-refractivity contribution in [2.75, 3.05) is 26.7 Å². The standard InChI is InChI=1S/C27H39NO3/c1-27(2,3)31-26(29)22-28(4)20-11-15-24-16-18-25(19-17-24)30-21-10-6-9-14-23-12-7-5-8-13-23/h5,7-8,12-13,16-19H,6,9-11,14-15,20-22H2,1-4H3. The van der Waals surface area contributed by atoms with Crippen molar-refractivity contribution in [3.8, 4) is 5.75 Å². The van der Waals surface area contributed by atoms with Crippen LogP contribution < -0.4 is 4.74 Å².